The summed E-state index contributed by atoms with van der Waals surface area (Å²) in [6.45, 7) is 0.178. The lowest BCUT2D eigenvalue weighted by Crippen LogP contribution is -2.34. The predicted octanol–water partition coefficient (Wildman–Crippen LogP) is 4.10. The van der Waals surface area contributed by atoms with Crippen LogP contribution in [0.5, 0.6) is 0 Å². The topological polar surface area (TPSA) is 98.0 Å². The van der Waals surface area contributed by atoms with Gasteiger partial charge in [-0.1, -0.05) is 0 Å². The van der Waals surface area contributed by atoms with Crippen LogP contribution in [0.1, 0.15) is 42.9 Å². The third-order valence-electron chi connectivity index (χ3n) is 6.80. The molecule has 1 unspecified atom stereocenters. The van der Waals surface area contributed by atoms with Crippen LogP contribution in [-0.4, -0.2) is 57.9 Å². The maximum absolute atomic E-state index is 13.9. The van der Waals surface area contributed by atoms with Crippen LogP contribution in [0, 0.1) is 16.7 Å². The summed E-state index contributed by atoms with van der Waals surface area (Å²) in [4.78, 5) is 28.4. The van der Waals surface area contributed by atoms with Crippen LogP contribution in [0.4, 0.5) is 39.5 Å². The van der Waals surface area contributed by atoms with Crippen LogP contribution in [0.2, 0.25) is 0 Å². The lowest BCUT2D eigenvalue weighted by molar-refractivity contribution is -0.137. The number of nitrogens with zero attached hydrogens (tertiary/aromatic N) is 6. The Balaban J connectivity index is 1.43. The molecule has 0 spiro atoms. The fourth-order valence-electron chi connectivity index (χ4n) is 4.57. The summed E-state index contributed by atoms with van der Waals surface area (Å²) >= 11 is 0. The molecule has 190 valence electrons. The van der Waals surface area contributed by atoms with Crippen molar-refractivity contribution in [1.82, 2.24) is 19.9 Å². The van der Waals surface area contributed by atoms with E-state index < -0.39 is 29.6 Å². The molecule has 0 bridgehead atoms. The standard InChI is InChI=1S/C23H22F5N7O/c24-22(25)5-8-35(13-22)20-31-16(14-2-7-34(11-14)19(36)21(12-29)3-4-21)10-18(33-20)32-17-9-15(1-6-30-17)23(26,27)28/h1,6,9-10,14H,2-5,7-8,11,13H2,(H,30,31,32,33). The van der Waals surface area contributed by atoms with Crippen LogP contribution >= 0.6 is 0 Å². The molecule has 3 aliphatic rings. The van der Waals surface area contributed by atoms with Crippen molar-refractivity contribution in [3.05, 3.63) is 35.7 Å². The molecule has 5 rings (SSSR count). The van der Waals surface area contributed by atoms with Crippen LogP contribution in [0.15, 0.2) is 24.4 Å². The molecule has 2 aromatic heterocycles. The van der Waals surface area contributed by atoms with E-state index in [0.717, 1.165) is 18.3 Å². The Morgan fingerprint density at radius 2 is 1.92 bits per heavy atom. The molecule has 0 aromatic carbocycles. The van der Waals surface area contributed by atoms with Crippen LogP contribution in [0.3, 0.4) is 0 Å². The fourth-order valence-corrected chi connectivity index (χ4v) is 4.57. The molecular formula is C23H22F5N7O. The SMILES string of the molecule is N#CC1(C(=O)N2CCC(c3cc(Nc4cc(C(F)(F)F)ccn4)nc(N4CCC(F)(F)C4)n3)C2)CC1. The second-order valence-corrected chi connectivity index (χ2v) is 9.49. The van der Waals surface area contributed by atoms with E-state index in [1.807, 2.05) is 0 Å². The van der Waals surface area contributed by atoms with Gasteiger partial charge in [0.2, 0.25) is 11.9 Å². The van der Waals surface area contributed by atoms with Gasteiger partial charge in [0.15, 0.2) is 0 Å². The summed E-state index contributed by atoms with van der Waals surface area (Å²) in [5.41, 5.74) is -1.37. The zero-order chi connectivity index (χ0) is 25.7. The number of anilines is 3. The van der Waals surface area contributed by atoms with Gasteiger partial charge in [0.1, 0.15) is 17.1 Å². The number of rotatable bonds is 5. The van der Waals surface area contributed by atoms with Crippen molar-refractivity contribution in [3.8, 4) is 6.07 Å². The third kappa shape index (κ3) is 4.76. The van der Waals surface area contributed by atoms with E-state index in [0.29, 0.717) is 38.0 Å². The second kappa shape index (κ2) is 8.53. The first-order valence-corrected chi connectivity index (χ1v) is 11.5. The van der Waals surface area contributed by atoms with Gasteiger partial charge in [-0.05, 0) is 31.4 Å². The molecule has 0 radical (unpaired) electrons. The summed E-state index contributed by atoms with van der Waals surface area (Å²) in [5.74, 6) is -3.34. The van der Waals surface area contributed by atoms with Crippen LogP contribution < -0.4 is 10.2 Å². The van der Waals surface area contributed by atoms with Gasteiger partial charge in [0.05, 0.1) is 23.9 Å². The molecule has 1 atom stereocenters. The first kappa shape index (κ1) is 24.1. The first-order chi connectivity index (χ1) is 17.0. The fraction of sp³-hybridized carbons (Fsp3) is 0.522. The minimum atomic E-state index is -4.56. The highest BCUT2D eigenvalue weighted by Crippen LogP contribution is 2.47. The van der Waals surface area contributed by atoms with E-state index in [2.05, 4.69) is 26.3 Å². The normalized spacial score (nSPS) is 22.4. The Bertz CT molecular complexity index is 1220. The van der Waals surface area contributed by atoms with Crippen molar-refractivity contribution in [1.29, 1.82) is 5.26 Å². The number of aromatic nitrogens is 3. The maximum Gasteiger partial charge on any atom is 0.416 e. The summed E-state index contributed by atoms with van der Waals surface area (Å²) < 4.78 is 67.1. The molecule has 8 nitrogen and oxygen atoms in total. The summed E-state index contributed by atoms with van der Waals surface area (Å²) in [7, 11) is 0. The molecule has 1 N–H and O–H groups in total. The Morgan fingerprint density at radius 3 is 2.56 bits per heavy atom. The highest BCUT2D eigenvalue weighted by molar-refractivity contribution is 5.88. The quantitative estimate of drug-likeness (QED) is 0.609. The van der Waals surface area contributed by atoms with Crippen molar-refractivity contribution in [3.63, 3.8) is 0 Å². The Morgan fingerprint density at radius 1 is 1.14 bits per heavy atom. The number of carbonyl (C=O) groups excluding carboxylic acids is 1. The Hall–Kier alpha value is -3.56. The van der Waals surface area contributed by atoms with Gasteiger partial charge >= 0.3 is 6.18 Å². The molecule has 36 heavy (non-hydrogen) atoms. The number of likely N-dealkylation sites (tertiary alicyclic amines) is 1. The number of amides is 1. The number of nitrogens with one attached hydrogen (secondary N) is 1. The number of hydrogen-bond acceptors (Lipinski definition) is 7. The summed E-state index contributed by atoms with van der Waals surface area (Å²) in [6.07, 6.45) is -2.31. The number of hydrogen-bond donors (Lipinski definition) is 1. The van der Waals surface area contributed by atoms with E-state index in [9.17, 15) is 32.0 Å². The van der Waals surface area contributed by atoms with Gasteiger partial charge in [-0.15, -0.1) is 0 Å². The van der Waals surface area contributed by atoms with Gasteiger partial charge in [0, 0.05) is 44.2 Å². The summed E-state index contributed by atoms with van der Waals surface area (Å²) in [6, 6.07) is 5.31. The van der Waals surface area contributed by atoms with Gasteiger partial charge in [0.25, 0.3) is 5.92 Å². The van der Waals surface area contributed by atoms with Crippen LogP contribution in [-0.2, 0) is 11.0 Å². The third-order valence-corrected chi connectivity index (χ3v) is 6.80. The molecular weight excluding hydrogens is 485 g/mol. The number of nitriles is 1. The first-order valence-electron chi connectivity index (χ1n) is 11.5. The molecule has 4 heterocycles. The molecule has 13 heteroatoms. The highest BCUT2D eigenvalue weighted by atomic mass is 19.4. The average Bonchev–Trinajstić information content (AvgIpc) is 3.31. The number of alkyl halides is 5. The molecule has 2 saturated heterocycles. The largest absolute Gasteiger partial charge is 0.416 e. The maximum atomic E-state index is 13.9. The second-order valence-electron chi connectivity index (χ2n) is 9.49. The Kier molecular flexibility index (Phi) is 5.72. The predicted molar refractivity (Wildman–Crippen MR) is 118 cm³/mol. The van der Waals surface area contributed by atoms with Crippen molar-refractivity contribution >= 4 is 23.5 Å². The highest BCUT2D eigenvalue weighted by Gasteiger charge is 2.53. The van der Waals surface area contributed by atoms with E-state index >= 15 is 0 Å². The molecule has 1 aliphatic carbocycles. The van der Waals surface area contributed by atoms with Gasteiger partial charge in [-0.2, -0.15) is 23.4 Å². The number of halogens is 5. The van der Waals surface area contributed by atoms with Crippen molar-refractivity contribution < 1.29 is 26.7 Å². The van der Waals surface area contributed by atoms with Gasteiger partial charge in [-0.25, -0.2) is 18.7 Å². The molecule has 1 saturated carbocycles. The zero-order valence-electron chi connectivity index (χ0n) is 19.0. The number of pyridine rings is 1. The van der Waals surface area contributed by atoms with Crippen molar-refractivity contribution in [2.24, 2.45) is 5.41 Å². The van der Waals surface area contributed by atoms with E-state index in [1.54, 1.807) is 4.90 Å². The summed E-state index contributed by atoms with van der Waals surface area (Å²) in [5, 5.41) is 12.1. The minimum absolute atomic E-state index is 0.0255. The molecule has 1 amide bonds. The van der Waals surface area contributed by atoms with Crippen LogP contribution in [0.25, 0.3) is 0 Å². The van der Waals surface area contributed by atoms with E-state index in [-0.39, 0.29) is 42.4 Å². The number of carbonyl (C=O) groups is 1. The van der Waals surface area contributed by atoms with Gasteiger partial charge < -0.3 is 15.1 Å². The monoisotopic (exact) mass is 507 g/mol. The van der Waals surface area contributed by atoms with E-state index in [1.165, 1.54) is 11.0 Å². The smallest absolute Gasteiger partial charge is 0.341 e. The van der Waals surface area contributed by atoms with E-state index in [4.69, 9.17) is 0 Å². The van der Waals surface area contributed by atoms with Crippen molar-refractivity contribution in [2.75, 3.05) is 36.4 Å². The lowest BCUT2D eigenvalue weighted by atomic mass is 10.0. The van der Waals surface area contributed by atoms with Gasteiger partial charge in [-0.3, -0.25) is 4.79 Å². The molecule has 3 fully saturated rings. The molecule has 2 aliphatic heterocycles. The molecule has 2 aromatic rings. The zero-order valence-corrected chi connectivity index (χ0v) is 19.0. The van der Waals surface area contributed by atoms with Crippen molar-refractivity contribution in [2.45, 2.75) is 43.7 Å². The lowest BCUT2D eigenvalue weighted by Gasteiger charge is -2.21. The minimum Gasteiger partial charge on any atom is -0.341 e. The Labute approximate surface area is 203 Å². The average molecular weight is 507 g/mol.